The quantitative estimate of drug-likeness (QED) is 0.292. The second-order valence-electron chi connectivity index (χ2n) is 11.5. The van der Waals surface area contributed by atoms with Crippen molar-refractivity contribution < 1.29 is 14.0 Å². The van der Waals surface area contributed by atoms with Crippen LogP contribution in [0.25, 0.3) is 10.9 Å². The summed E-state index contributed by atoms with van der Waals surface area (Å²) in [4.78, 5) is 25.4. The lowest BCUT2D eigenvalue weighted by molar-refractivity contribution is -0.0142. The van der Waals surface area contributed by atoms with Gasteiger partial charge in [-0.1, -0.05) is 31.2 Å². The molecular weight excluding hydrogens is 469 g/mol. The highest BCUT2D eigenvalue weighted by Gasteiger charge is 2.51. The van der Waals surface area contributed by atoms with Gasteiger partial charge in [0.15, 0.2) is 0 Å². The molecule has 2 aromatic carbocycles. The highest BCUT2D eigenvalue weighted by Crippen LogP contribution is 2.50. The number of carbonyl (C=O) groups excluding carboxylic acids is 2. The molecular formula is C29H34FN5O2. The molecule has 0 spiro atoms. The zero-order valence-corrected chi connectivity index (χ0v) is 21.3. The molecule has 3 aromatic rings. The molecule has 6 N–H and O–H groups in total. The van der Waals surface area contributed by atoms with Crippen LogP contribution in [0, 0.1) is 17.2 Å². The summed E-state index contributed by atoms with van der Waals surface area (Å²) in [6.45, 7) is 4.20. The largest absolute Gasteiger partial charge is 0.384 e. The Morgan fingerprint density at radius 3 is 2.46 bits per heavy atom. The summed E-state index contributed by atoms with van der Waals surface area (Å²) in [5.74, 6) is -0.115. The number of nitrogens with two attached hydrogens (primary N) is 2. The van der Waals surface area contributed by atoms with Gasteiger partial charge in [0.25, 0.3) is 5.91 Å². The third-order valence-corrected chi connectivity index (χ3v) is 7.98. The maximum atomic E-state index is 15.3. The predicted molar refractivity (Wildman–Crippen MR) is 142 cm³/mol. The number of amides is 2. The zero-order chi connectivity index (χ0) is 26.5. The highest BCUT2D eigenvalue weighted by molar-refractivity contribution is 6.02. The second kappa shape index (κ2) is 9.01. The molecule has 4 atom stereocenters. The molecule has 0 radical (unpaired) electrons. The van der Waals surface area contributed by atoms with Crippen LogP contribution in [-0.4, -0.2) is 33.4 Å². The summed E-state index contributed by atoms with van der Waals surface area (Å²) < 4.78 is 17.2. The second-order valence-corrected chi connectivity index (χ2v) is 11.5. The lowest BCUT2D eigenvalue weighted by Crippen LogP contribution is -2.59. The van der Waals surface area contributed by atoms with Crippen molar-refractivity contribution in [3.8, 4) is 0 Å². The maximum Gasteiger partial charge on any atom is 0.268 e. The minimum Gasteiger partial charge on any atom is -0.384 e. The Labute approximate surface area is 215 Å². The number of nitrogens with one attached hydrogen (secondary N) is 2. The molecule has 5 rings (SSSR count). The Kier molecular flexibility index (Phi) is 6.09. The fraction of sp³-hybridized carbons (Fsp3) is 0.414. The average Bonchev–Trinajstić information content (AvgIpc) is 3.15. The van der Waals surface area contributed by atoms with Gasteiger partial charge in [-0.15, -0.1) is 0 Å². The van der Waals surface area contributed by atoms with Crippen molar-refractivity contribution in [3.63, 3.8) is 0 Å². The van der Waals surface area contributed by atoms with Crippen LogP contribution in [0.3, 0.4) is 0 Å². The van der Waals surface area contributed by atoms with E-state index in [9.17, 15) is 9.59 Å². The minimum atomic E-state index is -1.30. The fourth-order valence-electron chi connectivity index (χ4n) is 6.91. The number of nitrogens with zero attached hydrogens (tertiary/aromatic N) is 1. The molecule has 2 saturated carbocycles. The lowest BCUT2D eigenvalue weighted by atomic mass is 9.60. The first kappa shape index (κ1) is 25.0. The number of primary amides is 1. The molecule has 8 heteroatoms. The topological polar surface area (TPSA) is 127 Å². The van der Waals surface area contributed by atoms with Crippen molar-refractivity contribution in [1.29, 1.82) is 5.41 Å². The van der Waals surface area contributed by atoms with E-state index in [4.69, 9.17) is 16.9 Å². The van der Waals surface area contributed by atoms with Gasteiger partial charge >= 0.3 is 0 Å². The number of fused-ring (bicyclic) bond motifs is 3. The predicted octanol–water partition coefficient (Wildman–Crippen LogP) is 4.50. The number of benzene rings is 2. The van der Waals surface area contributed by atoms with E-state index in [0.717, 1.165) is 35.7 Å². The SMILES string of the molecule is CC1CC2CC(C)(F)CC(NC(=O)c3cc4ccc(C(=N)N)cc4n3Cc3ccc(C(N)=O)cc3)(C1)C2. The first-order valence-electron chi connectivity index (χ1n) is 12.8. The molecule has 2 aliphatic carbocycles. The van der Waals surface area contributed by atoms with Crippen LogP contribution in [-0.2, 0) is 6.54 Å². The van der Waals surface area contributed by atoms with Crippen LogP contribution >= 0.6 is 0 Å². The van der Waals surface area contributed by atoms with Crippen LogP contribution < -0.4 is 16.8 Å². The molecule has 7 nitrogen and oxygen atoms in total. The van der Waals surface area contributed by atoms with E-state index in [2.05, 4.69) is 12.2 Å². The first-order chi connectivity index (χ1) is 17.4. The number of aromatic nitrogens is 1. The normalized spacial score (nSPS) is 27.1. The minimum absolute atomic E-state index is 0.0583. The van der Waals surface area contributed by atoms with Crippen molar-refractivity contribution >= 4 is 28.6 Å². The van der Waals surface area contributed by atoms with Crippen molar-refractivity contribution in [2.45, 2.75) is 63.7 Å². The number of alkyl halides is 1. The van der Waals surface area contributed by atoms with E-state index in [1.165, 1.54) is 0 Å². The molecule has 37 heavy (non-hydrogen) atoms. The number of amidine groups is 1. The Hall–Kier alpha value is -3.68. The number of halogens is 1. The number of nitrogen functional groups attached to an aromatic ring is 1. The monoisotopic (exact) mass is 503 g/mol. The Morgan fingerprint density at radius 1 is 1.08 bits per heavy atom. The van der Waals surface area contributed by atoms with Crippen LogP contribution in [0.2, 0.25) is 0 Å². The first-order valence-corrected chi connectivity index (χ1v) is 12.8. The molecule has 1 heterocycles. The molecule has 4 unspecified atom stereocenters. The fourth-order valence-corrected chi connectivity index (χ4v) is 6.91. The number of rotatable bonds is 6. The van der Waals surface area contributed by atoms with Gasteiger partial charge in [0.1, 0.15) is 17.2 Å². The Morgan fingerprint density at radius 2 is 1.78 bits per heavy atom. The molecule has 2 aliphatic rings. The summed E-state index contributed by atoms with van der Waals surface area (Å²) >= 11 is 0. The van der Waals surface area contributed by atoms with Crippen LogP contribution in [0.15, 0.2) is 48.5 Å². The van der Waals surface area contributed by atoms with E-state index < -0.39 is 17.1 Å². The van der Waals surface area contributed by atoms with Gasteiger partial charge in [0.2, 0.25) is 5.91 Å². The maximum absolute atomic E-state index is 15.3. The lowest BCUT2D eigenvalue weighted by Gasteiger charge is -2.52. The van der Waals surface area contributed by atoms with Crippen molar-refractivity contribution in [3.05, 3.63) is 70.9 Å². The summed E-state index contributed by atoms with van der Waals surface area (Å²) in [5.41, 5.74) is 12.3. The third-order valence-electron chi connectivity index (χ3n) is 7.98. The summed E-state index contributed by atoms with van der Waals surface area (Å²) in [6.07, 6.45) is 3.41. The Bertz CT molecular complexity index is 1390. The van der Waals surface area contributed by atoms with Crippen molar-refractivity contribution in [2.24, 2.45) is 23.3 Å². The van der Waals surface area contributed by atoms with Crippen LogP contribution in [0.4, 0.5) is 4.39 Å². The van der Waals surface area contributed by atoms with Gasteiger partial charge < -0.3 is 21.4 Å². The van der Waals surface area contributed by atoms with Gasteiger partial charge in [-0.25, -0.2) is 4.39 Å². The van der Waals surface area contributed by atoms with E-state index >= 15 is 4.39 Å². The average molecular weight is 504 g/mol. The molecule has 2 fully saturated rings. The van der Waals surface area contributed by atoms with E-state index in [1.807, 2.05) is 34.9 Å². The van der Waals surface area contributed by atoms with Crippen LogP contribution in [0.5, 0.6) is 0 Å². The zero-order valence-electron chi connectivity index (χ0n) is 21.3. The van der Waals surface area contributed by atoms with Crippen molar-refractivity contribution in [1.82, 2.24) is 9.88 Å². The molecule has 0 saturated heterocycles. The third kappa shape index (κ3) is 4.97. The van der Waals surface area contributed by atoms with E-state index in [1.54, 1.807) is 25.1 Å². The Balaban J connectivity index is 1.54. The molecule has 0 aliphatic heterocycles. The molecule has 2 amide bonds. The highest BCUT2D eigenvalue weighted by atomic mass is 19.1. The number of carbonyl (C=O) groups is 2. The standard InChI is InChI=1S/C29H34FN5O2/c1-17-9-19-13-28(2,30)16-29(12-17,14-19)34-27(37)24-10-21-7-8-22(25(31)32)11-23(21)35(24)15-18-3-5-20(6-4-18)26(33)36/h3-8,10-11,17,19H,9,12-16H2,1-2H3,(H3,31,32)(H2,33,36)(H,34,37). The number of hydrogen-bond donors (Lipinski definition) is 4. The molecule has 1 aromatic heterocycles. The molecule has 194 valence electrons. The summed E-state index contributed by atoms with van der Waals surface area (Å²) in [6, 6.07) is 14.2. The van der Waals surface area contributed by atoms with Gasteiger partial charge in [0, 0.05) is 40.5 Å². The smallest absolute Gasteiger partial charge is 0.268 e. The van der Waals surface area contributed by atoms with Gasteiger partial charge in [-0.05, 0) is 74.3 Å². The van der Waals surface area contributed by atoms with Crippen molar-refractivity contribution in [2.75, 3.05) is 0 Å². The molecule has 2 bridgehead atoms. The van der Waals surface area contributed by atoms with Gasteiger partial charge in [-0.2, -0.15) is 0 Å². The van der Waals surface area contributed by atoms with E-state index in [-0.39, 0.29) is 17.7 Å². The van der Waals surface area contributed by atoms with Gasteiger partial charge in [0.05, 0.1) is 0 Å². The van der Waals surface area contributed by atoms with Crippen LogP contribution in [0.1, 0.15) is 77.9 Å². The summed E-state index contributed by atoms with van der Waals surface area (Å²) in [7, 11) is 0. The summed E-state index contributed by atoms with van der Waals surface area (Å²) in [5, 5.41) is 12.0. The van der Waals surface area contributed by atoms with Gasteiger partial charge in [-0.3, -0.25) is 15.0 Å². The number of hydrogen-bond acceptors (Lipinski definition) is 3. The van der Waals surface area contributed by atoms with E-state index in [0.29, 0.717) is 42.1 Å².